The number of fused-ring (bicyclic) bond motifs is 11. The zero-order valence-corrected chi connectivity index (χ0v) is 33.1. The molecule has 0 unspecified atom stereocenters. The fourth-order valence-corrected chi connectivity index (χ4v) is 10.6. The normalized spacial score (nSPS) is 12.0. The van der Waals surface area contributed by atoms with Crippen molar-refractivity contribution in [3.8, 4) is 44.8 Å². The second kappa shape index (κ2) is 12.9. The van der Waals surface area contributed by atoms with E-state index in [1.165, 1.54) is 70.7 Å². The third-order valence-electron chi connectivity index (χ3n) is 12.3. The van der Waals surface area contributed by atoms with Crippen LogP contribution in [0.2, 0.25) is 0 Å². The molecule has 0 bridgehead atoms. The minimum absolute atomic E-state index is 0.977. The van der Waals surface area contributed by atoms with Crippen LogP contribution in [-0.4, -0.2) is 18.5 Å². The summed E-state index contributed by atoms with van der Waals surface area (Å²) in [5, 5.41) is 4.94. The Labute approximate surface area is 349 Å². The maximum absolute atomic E-state index is 5.51. The molecule has 0 aliphatic carbocycles. The van der Waals surface area contributed by atoms with Gasteiger partial charge in [0.15, 0.2) is 4.96 Å². The Morgan fingerprint density at radius 1 is 0.333 bits per heavy atom. The summed E-state index contributed by atoms with van der Waals surface area (Å²) in [6.45, 7) is 0. The molecule has 0 aliphatic heterocycles. The molecule has 13 rings (SSSR count). The second-order valence-corrected chi connectivity index (χ2v) is 16.6. The van der Waals surface area contributed by atoms with Crippen molar-refractivity contribution in [2.45, 2.75) is 0 Å². The highest BCUT2D eigenvalue weighted by Crippen LogP contribution is 2.41. The molecule has 0 saturated heterocycles. The predicted octanol–water partition coefficient (Wildman–Crippen LogP) is 14.9. The average molecular weight is 783 g/mol. The zero-order chi connectivity index (χ0) is 39.3. The van der Waals surface area contributed by atoms with Crippen molar-refractivity contribution in [1.29, 1.82) is 0 Å². The lowest BCUT2D eigenvalue weighted by Gasteiger charge is -2.14. The Bertz CT molecular complexity index is 3740. The van der Waals surface area contributed by atoms with Crippen LogP contribution in [0.3, 0.4) is 0 Å². The number of nitrogens with zero attached hydrogens (tertiary/aromatic N) is 4. The van der Waals surface area contributed by atoms with E-state index in [0.717, 1.165) is 43.9 Å². The fourth-order valence-electron chi connectivity index (χ4n) is 9.55. The third kappa shape index (κ3) is 4.93. The molecule has 4 heterocycles. The number of benzene rings is 9. The molecular weight excluding hydrogens is 749 g/mol. The molecule has 0 fully saturated rings. The number of hydrogen-bond acceptors (Lipinski definition) is 2. The van der Waals surface area contributed by atoms with E-state index < -0.39 is 0 Å². The van der Waals surface area contributed by atoms with Crippen LogP contribution in [0.1, 0.15) is 0 Å². The maximum atomic E-state index is 5.51. The molecule has 0 aliphatic rings. The molecular formula is C55H34N4S. The molecule has 280 valence electrons. The number of imidazole rings is 1. The molecule has 0 radical (unpaired) electrons. The Hall–Kier alpha value is -7.73. The smallest absolute Gasteiger partial charge is 0.195 e. The van der Waals surface area contributed by atoms with E-state index >= 15 is 0 Å². The summed E-state index contributed by atoms with van der Waals surface area (Å²) in [5.74, 6) is 0. The van der Waals surface area contributed by atoms with Crippen molar-refractivity contribution in [2.75, 3.05) is 0 Å². The molecule has 60 heavy (non-hydrogen) atoms. The largest absolute Gasteiger partial charge is 0.309 e. The van der Waals surface area contributed by atoms with Gasteiger partial charge in [0.1, 0.15) is 5.52 Å². The highest BCUT2D eigenvalue weighted by Gasteiger charge is 2.22. The number of hydrogen-bond donors (Lipinski definition) is 0. The first-order valence-electron chi connectivity index (χ1n) is 20.4. The summed E-state index contributed by atoms with van der Waals surface area (Å²) in [6, 6.07) is 75.0. The minimum atomic E-state index is 0.977. The van der Waals surface area contributed by atoms with E-state index in [4.69, 9.17) is 4.98 Å². The van der Waals surface area contributed by atoms with Crippen molar-refractivity contribution in [2.24, 2.45) is 0 Å². The van der Waals surface area contributed by atoms with E-state index in [2.05, 4.69) is 220 Å². The van der Waals surface area contributed by atoms with Gasteiger partial charge in [0.05, 0.1) is 49.2 Å². The summed E-state index contributed by atoms with van der Waals surface area (Å²) in [7, 11) is 0. The molecule has 0 amide bonds. The van der Waals surface area contributed by atoms with Gasteiger partial charge < -0.3 is 9.13 Å². The summed E-state index contributed by atoms with van der Waals surface area (Å²) in [5.41, 5.74) is 17.2. The van der Waals surface area contributed by atoms with Gasteiger partial charge >= 0.3 is 0 Å². The highest BCUT2D eigenvalue weighted by atomic mass is 32.1. The first-order chi connectivity index (χ1) is 29.7. The quantitative estimate of drug-likeness (QED) is 0.171. The fraction of sp³-hybridized carbons (Fsp3) is 0. The lowest BCUT2D eigenvalue weighted by Crippen LogP contribution is -2.00. The van der Waals surface area contributed by atoms with Crippen molar-refractivity contribution in [3.63, 3.8) is 0 Å². The van der Waals surface area contributed by atoms with Crippen LogP contribution in [-0.2, 0) is 0 Å². The minimum Gasteiger partial charge on any atom is -0.309 e. The molecule has 0 spiro atoms. The van der Waals surface area contributed by atoms with E-state index in [-0.39, 0.29) is 0 Å². The van der Waals surface area contributed by atoms with E-state index in [1.54, 1.807) is 11.3 Å². The van der Waals surface area contributed by atoms with Gasteiger partial charge in [-0.2, -0.15) is 0 Å². The Morgan fingerprint density at radius 2 is 0.800 bits per heavy atom. The summed E-state index contributed by atoms with van der Waals surface area (Å²) in [6.07, 6.45) is 0. The van der Waals surface area contributed by atoms with Gasteiger partial charge in [-0.05, 0) is 94.0 Å². The van der Waals surface area contributed by atoms with Gasteiger partial charge in [0.25, 0.3) is 0 Å². The van der Waals surface area contributed by atoms with Crippen LogP contribution < -0.4 is 0 Å². The monoisotopic (exact) mass is 782 g/mol. The van der Waals surface area contributed by atoms with Gasteiger partial charge in [-0.1, -0.05) is 157 Å². The average Bonchev–Trinajstić information content (AvgIpc) is 4.06. The summed E-state index contributed by atoms with van der Waals surface area (Å²) < 4.78 is 8.45. The second-order valence-electron chi connectivity index (χ2n) is 15.6. The summed E-state index contributed by atoms with van der Waals surface area (Å²) >= 11 is 1.75. The molecule has 4 aromatic heterocycles. The van der Waals surface area contributed by atoms with Crippen LogP contribution in [0.5, 0.6) is 0 Å². The molecule has 0 atom stereocenters. The van der Waals surface area contributed by atoms with Gasteiger partial charge in [0, 0.05) is 21.5 Å². The van der Waals surface area contributed by atoms with E-state index in [9.17, 15) is 0 Å². The predicted molar refractivity (Wildman–Crippen MR) is 253 cm³/mol. The zero-order valence-electron chi connectivity index (χ0n) is 32.3. The third-order valence-corrected chi connectivity index (χ3v) is 13.3. The number of para-hydroxylation sites is 4. The standard InChI is InChI=1S/C55H34N4S/c1-2-14-35(15-3-1)36-16-12-17-37(30-36)38-18-13-19-39(31-38)40-28-29-53-50(32-40)59-52-34-41(57-46-24-8-4-20-42(46)43-21-5-9-25-47(43)57)33-51(54(52)56-55(59)60-53)58-48-26-10-6-22-44(48)45-23-7-11-27-49(45)58/h1-34H. The Morgan fingerprint density at radius 3 is 1.37 bits per heavy atom. The van der Waals surface area contributed by atoms with E-state index in [1.807, 2.05) is 0 Å². The van der Waals surface area contributed by atoms with Gasteiger partial charge in [-0.3, -0.25) is 4.40 Å². The van der Waals surface area contributed by atoms with Crippen molar-refractivity contribution >= 4 is 81.2 Å². The van der Waals surface area contributed by atoms with Crippen LogP contribution in [0.15, 0.2) is 206 Å². The molecule has 0 saturated carbocycles. The SMILES string of the molecule is c1ccc(-c2cccc(-c3cccc(-c4ccc5sc6nc7c(-n8c9ccccc9c9ccccc98)cc(-n8c9ccccc9c9ccccc98)cc7n6c5c4)c3)c2)cc1. The Balaban J connectivity index is 1.06. The molecule has 4 nitrogen and oxygen atoms in total. The van der Waals surface area contributed by atoms with Gasteiger partial charge in [-0.25, -0.2) is 4.98 Å². The van der Waals surface area contributed by atoms with Crippen molar-refractivity contribution in [3.05, 3.63) is 206 Å². The molecule has 5 heteroatoms. The van der Waals surface area contributed by atoms with Gasteiger partial charge in [-0.15, -0.1) is 0 Å². The lowest BCUT2D eigenvalue weighted by molar-refractivity contribution is 1.14. The molecule has 13 aromatic rings. The van der Waals surface area contributed by atoms with Gasteiger partial charge in [0.2, 0.25) is 0 Å². The van der Waals surface area contributed by atoms with Crippen molar-refractivity contribution < 1.29 is 0 Å². The molecule has 0 N–H and O–H groups in total. The number of aromatic nitrogens is 4. The number of thiazole rings is 1. The van der Waals surface area contributed by atoms with Crippen LogP contribution >= 0.6 is 11.3 Å². The highest BCUT2D eigenvalue weighted by molar-refractivity contribution is 7.23. The first kappa shape index (κ1) is 33.3. The lowest BCUT2D eigenvalue weighted by atomic mass is 9.96. The van der Waals surface area contributed by atoms with Crippen molar-refractivity contribution in [1.82, 2.24) is 18.5 Å². The topological polar surface area (TPSA) is 27.2 Å². The van der Waals surface area contributed by atoms with Crippen LogP contribution in [0, 0.1) is 0 Å². The number of rotatable bonds is 5. The Kier molecular flexibility index (Phi) is 7.14. The van der Waals surface area contributed by atoms with E-state index in [0.29, 0.717) is 0 Å². The van der Waals surface area contributed by atoms with Crippen LogP contribution in [0.4, 0.5) is 0 Å². The van der Waals surface area contributed by atoms with Crippen LogP contribution in [0.25, 0.3) is 115 Å². The molecule has 9 aromatic carbocycles. The first-order valence-corrected chi connectivity index (χ1v) is 21.2. The summed E-state index contributed by atoms with van der Waals surface area (Å²) in [4.78, 5) is 6.49. The maximum Gasteiger partial charge on any atom is 0.195 e.